The number of halogens is 1. The van der Waals surface area contributed by atoms with E-state index >= 15 is 4.39 Å². The van der Waals surface area contributed by atoms with Gasteiger partial charge in [-0.15, -0.1) is 0 Å². The van der Waals surface area contributed by atoms with E-state index < -0.39 is 23.8 Å². The highest BCUT2D eigenvalue weighted by Crippen LogP contribution is 2.41. The number of furan rings is 1. The highest BCUT2D eigenvalue weighted by molar-refractivity contribution is 6.00. The van der Waals surface area contributed by atoms with Crippen LogP contribution in [0.2, 0.25) is 0 Å². The Morgan fingerprint density at radius 3 is 2.46 bits per heavy atom. The van der Waals surface area contributed by atoms with Gasteiger partial charge in [-0.3, -0.25) is 9.69 Å². The first kappa shape index (κ1) is 32.5. The van der Waals surface area contributed by atoms with Crippen LogP contribution in [-0.2, 0) is 11.3 Å². The zero-order valence-electron chi connectivity index (χ0n) is 28.7. The van der Waals surface area contributed by atoms with Crippen molar-refractivity contribution < 1.29 is 28.2 Å². The number of hydrogen-bond donors (Lipinski definition) is 1. The van der Waals surface area contributed by atoms with Crippen molar-refractivity contribution in [2.24, 2.45) is 5.92 Å². The number of fused-ring (bicyclic) bond motifs is 2. The monoisotopic (exact) mass is 658 g/mol. The van der Waals surface area contributed by atoms with E-state index in [2.05, 4.69) is 40.7 Å². The Hall–Kier alpha value is -4.05. The van der Waals surface area contributed by atoms with Gasteiger partial charge in [-0.2, -0.15) is 0 Å². The summed E-state index contributed by atoms with van der Waals surface area (Å²) in [6, 6.07) is 13.8. The maximum Gasteiger partial charge on any atom is 0.408 e. The average molecular weight is 659 g/mol. The Labute approximate surface area is 281 Å². The largest absolute Gasteiger partial charge is 0.465 e. The Bertz CT molecular complexity index is 1840. The number of carbonyl (C=O) groups excluding carboxylic acids is 1. The van der Waals surface area contributed by atoms with Crippen LogP contribution in [0.1, 0.15) is 68.8 Å². The van der Waals surface area contributed by atoms with E-state index in [0.717, 1.165) is 54.9 Å². The lowest BCUT2D eigenvalue weighted by molar-refractivity contribution is 0.0126. The van der Waals surface area contributed by atoms with Crippen LogP contribution in [0.5, 0.6) is 0 Å². The van der Waals surface area contributed by atoms with Gasteiger partial charge in [0.05, 0.1) is 29.9 Å². The molecule has 1 N–H and O–H groups in total. The summed E-state index contributed by atoms with van der Waals surface area (Å²) < 4.78 is 29.6. The molecule has 2 atom stereocenters. The fourth-order valence-electron chi connectivity index (χ4n) is 7.87. The number of aromatic nitrogens is 1. The molecule has 7 rings (SSSR count). The summed E-state index contributed by atoms with van der Waals surface area (Å²) in [5, 5.41) is 12.0. The zero-order valence-corrected chi connectivity index (χ0v) is 28.7. The van der Waals surface area contributed by atoms with Crippen molar-refractivity contribution in [1.29, 1.82) is 0 Å². The Morgan fingerprint density at radius 2 is 1.79 bits per heavy atom. The van der Waals surface area contributed by atoms with Gasteiger partial charge in [0.25, 0.3) is 5.91 Å². The number of carbonyl (C=O) groups is 2. The Balaban J connectivity index is 1.20. The molecule has 0 spiro atoms. The number of piperidine rings is 2. The lowest BCUT2D eigenvalue weighted by atomic mass is 9.96. The number of alkyl halides is 1. The average Bonchev–Trinajstić information content (AvgIpc) is 3.72. The van der Waals surface area contributed by atoms with Crippen molar-refractivity contribution in [3.05, 3.63) is 53.6 Å². The van der Waals surface area contributed by atoms with Crippen LogP contribution in [0.4, 0.5) is 14.9 Å². The van der Waals surface area contributed by atoms with Gasteiger partial charge in [0.1, 0.15) is 11.8 Å². The smallest absolute Gasteiger partial charge is 0.408 e. The van der Waals surface area contributed by atoms with Crippen LogP contribution in [0.15, 0.2) is 46.9 Å². The minimum atomic E-state index is -1.32. The van der Waals surface area contributed by atoms with Gasteiger partial charge >= 0.3 is 6.09 Å². The third-order valence-corrected chi connectivity index (χ3v) is 10.5. The van der Waals surface area contributed by atoms with E-state index in [-0.39, 0.29) is 25.4 Å². The van der Waals surface area contributed by atoms with Crippen molar-refractivity contribution in [2.75, 3.05) is 38.2 Å². The van der Waals surface area contributed by atoms with Crippen molar-refractivity contribution >= 4 is 39.6 Å². The maximum absolute atomic E-state index is 15.0. The molecule has 0 radical (unpaired) electrons. The molecule has 3 aliphatic rings. The topological polar surface area (TPSA) is 91.4 Å². The highest BCUT2D eigenvalue weighted by atomic mass is 19.1. The summed E-state index contributed by atoms with van der Waals surface area (Å²) in [6.07, 6.45) is 2.47. The molecule has 2 aliphatic heterocycles. The number of methoxy groups -OCH3 is 1. The summed E-state index contributed by atoms with van der Waals surface area (Å²) in [7, 11) is 1.80. The number of nitrogens with zero attached hydrogens (tertiary/aromatic N) is 4. The maximum atomic E-state index is 15.0. The zero-order chi connectivity index (χ0) is 33.9. The van der Waals surface area contributed by atoms with Gasteiger partial charge in [-0.1, -0.05) is 12.1 Å². The van der Waals surface area contributed by atoms with E-state index in [4.69, 9.17) is 9.15 Å². The van der Waals surface area contributed by atoms with Crippen molar-refractivity contribution in [2.45, 2.75) is 90.2 Å². The van der Waals surface area contributed by atoms with Crippen LogP contribution < -0.4 is 4.90 Å². The number of anilines is 1. The summed E-state index contributed by atoms with van der Waals surface area (Å²) in [4.78, 5) is 31.1. The second kappa shape index (κ2) is 12.4. The van der Waals surface area contributed by atoms with Crippen molar-refractivity contribution in [3.8, 4) is 11.5 Å². The van der Waals surface area contributed by atoms with Crippen LogP contribution >= 0.6 is 0 Å². The van der Waals surface area contributed by atoms with Gasteiger partial charge in [-0.25, -0.2) is 9.18 Å². The predicted molar refractivity (Wildman–Crippen MR) is 186 cm³/mol. The number of aryl methyl sites for hydroxylation is 1. The van der Waals surface area contributed by atoms with Crippen molar-refractivity contribution in [3.63, 3.8) is 0 Å². The quantitative estimate of drug-likeness (QED) is 0.219. The molecule has 3 fully saturated rings. The first-order valence-corrected chi connectivity index (χ1v) is 17.3. The Morgan fingerprint density at radius 1 is 1.04 bits per heavy atom. The number of benzene rings is 2. The molecule has 10 heteroatoms. The summed E-state index contributed by atoms with van der Waals surface area (Å²) in [5.41, 5.74) is 4.74. The van der Waals surface area contributed by atoms with Crippen LogP contribution in [0.3, 0.4) is 0 Å². The normalized spacial score (nSPS) is 21.0. The standard InChI is InChI=1S/C38H47FN4O5/c1-23-31-11-9-26(36(44)41-21-27(39)18-29(22-41)43(37(45)46)38(2,3)4)17-34(31)48-35(23)33-16-25-8-10-28(40-14-12-30(47-5)13-15-40)19-32(25)42(33)20-24-6-7-24/h8-11,16-17,19,24,27,29-30H,6-7,12-15,18,20-22H2,1-5H3,(H,45,46)/t27-,29-/m1/s1. The molecule has 0 unspecified atom stereocenters. The van der Waals surface area contributed by atoms with Crippen molar-refractivity contribution in [1.82, 2.24) is 14.4 Å². The third kappa shape index (κ3) is 6.15. The molecule has 0 bridgehead atoms. The summed E-state index contributed by atoms with van der Waals surface area (Å²) in [5.74, 6) is 1.11. The van der Waals surface area contributed by atoms with Crippen LogP contribution in [0.25, 0.3) is 33.3 Å². The van der Waals surface area contributed by atoms with E-state index in [1.54, 1.807) is 40.0 Å². The predicted octanol–water partition coefficient (Wildman–Crippen LogP) is 7.72. The van der Waals surface area contributed by atoms with Gasteiger partial charge in [0.15, 0.2) is 5.76 Å². The highest BCUT2D eigenvalue weighted by Gasteiger charge is 2.40. The van der Waals surface area contributed by atoms with Crippen LogP contribution in [-0.4, -0.2) is 88.6 Å². The number of rotatable bonds is 7. The molecular formula is C38H47FN4O5. The molecule has 2 saturated heterocycles. The van der Waals surface area contributed by atoms with Crippen LogP contribution in [0, 0.1) is 12.8 Å². The first-order valence-electron chi connectivity index (χ1n) is 17.3. The van der Waals surface area contributed by atoms with E-state index in [0.29, 0.717) is 23.2 Å². The third-order valence-electron chi connectivity index (χ3n) is 10.5. The number of carboxylic acid groups (broad SMARTS) is 1. The minimum absolute atomic E-state index is 0.0653. The molecule has 9 nitrogen and oxygen atoms in total. The molecule has 1 saturated carbocycles. The number of ether oxygens (including phenoxy) is 1. The lowest BCUT2D eigenvalue weighted by Crippen LogP contribution is -2.59. The molecule has 256 valence electrons. The second-order valence-electron chi connectivity index (χ2n) is 15.0. The molecule has 2 aromatic carbocycles. The molecular weight excluding hydrogens is 611 g/mol. The lowest BCUT2D eigenvalue weighted by Gasteiger charge is -2.45. The number of amides is 2. The van der Waals surface area contributed by atoms with Gasteiger partial charge < -0.3 is 28.6 Å². The second-order valence-corrected chi connectivity index (χ2v) is 15.0. The molecule has 2 amide bonds. The minimum Gasteiger partial charge on any atom is -0.465 e. The Kier molecular flexibility index (Phi) is 8.42. The molecule has 4 heterocycles. The molecule has 2 aromatic heterocycles. The van der Waals surface area contributed by atoms with Gasteiger partial charge in [0.2, 0.25) is 0 Å². The van der Waals surface area contributed by atoms with E-state index in [9.17, 15) is 14.7 Å². The fourth-order valence-corrected chi connectivity index (χ4v) is 7.87. The van der Waals surface area contributed by atoms with Gasteiger partial charge in [-0.05, 0) is 89.6 Å². The SMILES string of the molecule is COC1CCN(c2ccc3cc(-c4oc5cc(C(=O)N6C[C@H](F)C[C@@H](N(C(=O)O)C(C)(C)C)C6)ccc5c4C)n(CC4CC4)c3c2)CC1. The van der Waals surface area contributed by atoms with E-state index in [1.165, 1.54) is 39.2 Å². The van der Waals surface area contributed by atoms with Gasteiger partial charge in [0, 0.05) is 72.8 Å². The summed E-state index contributed by atoms with van der Waals surface area (Å²) in [6.45, 7) is 10.4. The molecule has 48 heavy (non-hydrogen) atoms. The first-order chi connectivity index (χ1) is 22.9. The molecule has 1 aliphatic carbocycles. The summed E-state index contributed by atoms with van der Waals surface area (Å²) >= 11 is 0. The molecule has 4 aromatic rings. The number of hydrogen-bond acceptors (Lipinski definition) is 5. The fraction of sp³-hybridized carbons (Fsp3) is 0.526. The number of likely N-dealkylation sites (tertiary alicyclic amines) is 1. The van der Waals surface area contributed by atoms with E-state index in [1.807, 2.05) is 6.07 Å².